The van der Waals surface area contributed by atoms with Gasteiger partial charge in [0, 0.05) is 26.2 Å². The Morgan fingerprint density at radius 2 is 1.56 bits per heavy atom. The monoisotopic (exact) mass is 396 g/mol. The lowest BCUT2D eigenvalue weighted by atomic mass is 9.93. The van der Waals surface area contributed by atoms with Crippen LogP contribution in [-0.4, -0.2) is 56.3 Å². The molecular weight excluding hydrogens is 364 g/mol. The third kappa shape index (κ3) is 6.27. The number of nitrogens with zero attached hydrogens (tertiary/aromatic N) is 2. The lowest BCUT2D eigenvalue weighted by Gasteiger charge is -2.33. The molecule has 0 bridgehead atoms. The molecule has 2 rings (SSSR count). The number of amides is 1. The zero-order valence-corrected chi connectivity index (χ0v) is 17.5. The number of benzene rings is 1. The predicted molar refractivity (Wildman–Crippen MR) is 107 cm³/mol. The second-order valence-electron chi connectivity index (χ2n) is 7.83. The van der Waals surface area contributed by atoms with E-state index in [0.717, 1.165) is 5.56 Å². The molecule has 1 aliphatic heterocycles. The lowest BCUT2D eigenvalue weighted by molar-refractivity contribution is -0.123. The highest BCUT2D eigenvalue weighted by Crippen LogP contribution is 2.24. The van der Waals surface area contributed by atoms with Gasteiger partial charge >= 0.3 is 0 Å². The molecule has 27 heavy (non-hydrogen) atoms. The van der Waals surface area contributed by atoms with Crippen LogP contribution in [0.25, 0.3) is 0 Å². The van der Waals surface area contributed by atoms with E-state index in [1.807, 2.05) is 4.90 Å². The molecular formula is C19H32N4O3S. The van der Waals surface area contributed by atoms with Crippen LogP contribution in [0.4, 0.5) is 0 Å². The topological polar surface area (TPSA) is 95.7 Å². The first-order chi connectivity index (χ1) is 12.6. The Morgan fingerprint density at radius 3 is 2.00 bits per heavy atom. The Labute approximate surface area is 163 Å². The number of hydrogen-bond donors (Lipinski definition) is 2. The van der Waals surface area contributed by atoms with E-state index in [0.29, 0.717) is 32.1 Å². The standard InChI is InChI=1S/C19H32N4O3S/c1-14(2)16-5-7-17(8-6-16)19(15(3)4)21-18(24)13-22-9-11-23(12-10-22)27(20,25)26/h5-8,14-15,19H,9-13H2,1-4H3,(H,21,24)(H2,20,25,26). The highest BCUT2D eigenvalue weighted by atomic mass is 32.2. The summed E-state index contributed by atoms with van der Waals surface area (Å²) in [4.78, 5) is 14.5. The van der Waals surface area contributed by atoms with E-state index >= 15 is 0 Å². The third-order valence-corrected chi connectivity index (χ3v) is 6.09. The van der Waals surface area contributed by atoms with Crippen molar-refractivity contribution < 1.29 is 13.2 Å². The second kappa shape index (κ2) is 9.14. The van der Waals surface area contributed by atoms with E-state index in [-0.39, 0.29) is 24.4 Å². The van der Waals surface area contributed by atoms with Crippen molar-refractivity contribution in [3.05, 3.63) is 35.4 Å². The molecule has 152 valence electrons. The van der Waals surface area contributed by atoms with Gasteiger partial charge in [0.25, 0.3) is 10.2 Å². The minimum atomic E-state index is -3.65. The minimum Gasteiger partial charge on any atom is -0.348 e. The van der Waals surface area contributed by atoms with Crippen molar-refractivity contribution in [2.45, 2.75) is 39.7 Å². The van der Waals surface area contributed by atoms with Gasteiger partial charge < -0.3 is 5.32 Å². The Balaban J connectivity index is 1.94. The molecule has 0 saturated carbocycles. The van der Waals surface area contributed by atoms with Gasteiger partial charge in [-0.2, -0.15) is 12.7 Å². The van der Waals surface area contributed by atoms with Crippen LogP contribution in [0.3, 0.4) is 0 Å². The number of hydrogen-bond acceptors (Lipinski definition) is 4. The van der Waals surface area contributed by atoms with Gasteiger partial charge in [-0.15, -0.1) is 0 Å². The van der Waals surface area contributed by atoms with Crippen molar-refractivity contribution in [1.82, 2.24) is 14.5 Å². The highest BCUT2D eigenvalue weighted by Gasteiger charge is 2.26. The third-order valence-electron chi connectivity index (χ3n) is 5.00. The predicted octanol–water partition coefficient (Wildman–Crippen LogP) is 1.44. The van der Waals surface area contributed by atoms with Crippen molar-refractivity contribution in [3.63, 3.8) is 0 Å². The van der Waals surface area contributed by atoms with E-state index in [9.17, 15) is 13.2 Å². The van der Waals surface area contributed by atoms with Crippen LogP contribution in [0.5, 0.6) is 0 Å². The first kappa shape index (κ1) is 21.8. The van der Waals surface area contributed by atoms with Crippen molar-refractivity contribution in [3.8, 4) is 0 Å². The molecule has 3 N–H and O–H groups in total. The quantitative estimate of drug-likeness (QED) is 0.729. The number of carbonyl (C=O) groups excluding carboxylic acids is 1. The maximum absolute atomic E-state index is 12.5. The van der Waals surface area contributed by atoms with E-state index < -0.39 is 10.2 Å². The van der Waals surface area contributed by atoms with Crippen LogP contribution in [0.15, 0.2) is 24.3 Å². The Hall–Kier alpha value is -1.48. The summed E-state index contributed by atoms with van der Waals surface area (Å²) in [5, 5.41) is 8.28. The summed E-state index contributed by atoms with van der Waals surface area (Å²) in [6.07, 6.45) is 0. The molecule has 1 fully saturated rings. The van der Waals surface area contributed by atoms with Crippen LogP contribution in [0.2, 0.25) is 0 Å². The number of rotatable bonds is 7. The summed E-state index contributed by atoms with van der Waals surface area (Å²) in [6, 6.07) is 8.36. The zero-order chi connectivity index (χ0) is 20.2. The van der Waals surface area contributed by atoms with E-state index in [1.165, 1.54) is 9.87 Å². The van der Waals surface area contributed by atoms with Gasteiger partial charge in [0.05, 0.1) is 12.6 Å². The molecule has 1 aliphatic rings. The normalized spacial score (nSPS) is 18.0. The number of nitrogens with one attached hydrogen (secondary N) is 1. The van der Waals surface area contributed by atoms with Crippen LogP contribution < -0.4 is 10.5 Å². The van der Waals surface area contributed by atoms with Crippen LogP contribution in [0, 0.1) is 5.92 Å². The summed E-state index contributed by atoms with van der Waals surface area (Å²) in [7, 11) is -3.65. The second-order valence-corrected chi connectivity index (χ2v) is 9.38. The molecule has 0 aromatic heterocycles. The molecule has 7 nitrogen and oxygen atoms in total. The maximum Gasteiger partial charge on any atom is 0.276 e. The highest BCUT2D eigenvalue weighted by molar-refractivity contribution is 7.86. The summed E-state index contributed by atoms with van der Waals surface area (Å²) in [5.74, 6) is 0.686. The largest absolute Gasteiger partial charge is 0.348 e. The summed E-state index contributed by atoms with van der Waals surface area (Å²) in [6.45, 7) is 10.4. The van der Waals surface area contributed by atoms with Crippen LogP contribution in [0.1, 0.15) is 50.8 Å². The molecule has 1 aromatic rings. The van der Waals surface area contributed by atoms with Gasteiger partial charge in [0.1, 0.15) is 0 Å². The average molecular weight is 397 g/mol. The van der Waals surface area contributed by atoms with Gasteiger partial charge in [0.15, 0.2) is 0 Å². The molecule has 1 aromatic carbocycles. The molecule has 0 aliphatic carbocycles. The molecule has 8 heteroatoms. The minimum absolute atomic E-state index is 0.0503. The SMILES string of the molecule is CC(C)c1ccc(C(NC(=O)CN2CCN(S(N)(=O)=O)CC2)C(C)C)cc1. The van der Waals surface area contributed by atoms with Gasteiger partial charge in [-0.05, 0) is 23.0 Å². The number of nitrogens with two attached hydrogens (primary N) is 1. The summed E-state index contributed by atoms with van der Waals surface area (Å²) < 4.78 is 24.0. The van der Waals surface area contributed by atoms with E-state index in [4.69, 9.17) is 5.14 Å². The molecule has 1 heterocycles. The maximum atomic E-state index is 12.5. The average Bonchev–Trinajstić information content (AvgIpc) is 2.59. The fraction of sp³-hybridized carbons (Fsp3) is 0.632. The molecule has 1 atom stereocenters. The van der Waals surface area contributed by atoms with Gasteiger partial charge in [-0.1, -0.05) is 52.0 Å². The summed E-state index contributed by atoms with van der Waals surface area (Å²) in [5.41, 5.74) is 2.38. The number of piperazine rings is 1. The van der Waals surface area contributed by atoms with E-state index in [2.05, 4.69) is 57.3 Å². The van der Waals surface area contributed by atoms with E-state index in [1.54, 1.807) is 0 Å². The first-order valence-corrected chi connectivity index (χ1v) is 11.0. The van der Waals surface area contributed by atoms with Gasteiger partial charge in [-0.3, -0.25) is 9.69 Å². The van der Waals surface area contributed by atoms with Gasteiger partial charge in [-0.25, -0.2) is 5.14 Å². The van der Waals surface area contributed by atoms with Crippen molar-refractivity contribution in [1.29, 1.82) is 0 Å². The lowest BCUT2D eigenvalue weighted by Crippen LogP contribution is -2.52. The van der Waals surface area contributed by atoms with Crippen LogP contribution >= 0.6 is 0 Å². The summed E-state index contributed by atoms with van der Waals surface area (Å²) >= 11 is 0. The van der Waals surface area contributed by atoms with Crippen molar-refractivity contribution >= 4 is 16.1 Å². The Bertz CT molecular complexity index is 724. The molecule has 1 amide bonds. The molecule has 0 spiro atoms. The fourth-order valence-electron chi connectivity index (χ4n) is 3.29. The first-order valence-electron chi connectivity index (χ1n) is 9.47. The Morgan fingerprint density at radius 1 is 1.04 bits per heavy atom. The Kier molecular flexibility index (Phi) is 7.39. The molecule has 1 unspecified atom stereocenters. The number of carbonyl (C=O) groups is 1. The molecule has 1 saturated heterocycles. The van der Waals surface area contributed by atoms with Crippen molar-refractivity contribution in [2.24, 2.45) is 11.1 Å². The smallest absolute Gasteiger partial charge is 0.276 e. The zero-order valence-electron chi connectivity index (χ0n) is 16.7. The molecule has 0 radical (unpaired) electrons. The fourth-order valence-corrected chi connectivity index (χ4v) is 3.96. The van der Waals surface area contributed by atoms with Crippen LogP contribution in [-0.2, 0) is 15.0 Å². The van der Waals surface area contributed by atoms with Gasteiger partial charge in [0.2, 0.25) is 5.91 Å². The van der Waals surface area contributed by atoms with Crippen molar-refractivity contribution in [2.75, 3.05) is 32.7 Å².